The van der Waals surface area contributed by atoms with Gasteiger partial charge in [0.1, 0.15) is 11.0 Å². The fourth-order valence-electron chi connectivity index (χ4n) is 1.61. The molecule has 0 aliphatic rings. The second-order valence-corrected chi connectivity index (χ2v) is 5.19. The van der Waals surface area contributed by atoms with Crippen LogP contribution in [0.2, 0.25) is 5.15 Å². The van der Waals surface area contributed by atoms with Crippen LogP contribution in [-0.4, -0.2) is 4.98 Å². The molecule has 84 valence electrons. The van der Waals surface area contributed by atoms with E-state index >= 15 is 0 Å². The van der Waals surface area contributed by atoms with E-state index in [1.807, 2.05) is 19.9 Å². The Kier molecular flexibility index (Phi) is 3.17. The van der Waals surface area contributed by atoms with Crippen LogP contribution in [0.1, 0.15) is 25.3 Å². The first-order valence-corrected chi connectivity index (χ1v) is 6.11. The average molecular weight is 303 g/mol. The zero-order valence-corrected chi connectivity index (χ0v) is 11.2. The van der Waals surface area contributed by atoms with Gasteiger partial charge in [-0.05, 0) is 45.6 Å². The number of nitrogens with zero attached hydrogens (tertiary/aromatic N) is 1. The molecule has 0 aliphatic heterocycles. The van der Waals surface area contributed by atoms with Gasteiger partial charge in [-0.3, -0.25) is 0 Å². The minimum Gasteiger partial charge on any atom is -0.235 e. The molecule has 0 aliphatic carbocycles. The molecule has 4 heteroatoms. The van der Waals surface area contributed by atoms with Crippen molar-refractivity contribution >= 4 is 38.4 Å². The first kappa shape index (κ1) is 11.8. The average Bonchev–Trinajstić information content (AvgIpc) is 2.18. The van der Waals surface area contributed by atoms with Crippen molar-refractivity contribution in [3.8, 4) is 0 Å². The van der Waals surface area contributed by atoms with Gasteiger partial charge < -0.3 is 0 Å². The van der Waals surface area contributed by atoms with Gasteiger partial charge in [-0.15, -0.1) is 0 Å². The van der Waals surface area contributed by atoms with E-state index in [4.69, 9.17) is 11.6 Å². The normalized spacial score (nSPS) is 11.4. The molecule has 0 saturated heterocycles. The van der Waals surface area contributed by atoms with Crippen molar-refractivity contribution in [2.45, 2.75) is 19.8 Å². The largest absolute Gasteiger partial charge is 0.235 e. The maximum Gasteiger partial charge on any atom is 0.133 e. The van der Waals surface area contributed by atoms with E-state index in [1.54, 1.807) is 0 Å². The second kappa shape index (κ2) is 4.30. The molecule has 0 amide bonds. The third kappa shape index (κ3) is 2.06. The van der Waals surface area contributed by atoms with Crippen LogP contribution in [0.4, 0.5) is 4.39 Å². The van der Waals surface area contributed by atoms with Crippen LogP contribution in [0.25, 0.3) is 10.9 Å². The van der Waals surface area contributed by atoms with E-state index in [-0.39, 0.29) is 11.7 Å². The maximum atomic E-state index is 13.2. The molecule has 1 nitrogen and oxygen atoms in total. The van der Waals surface area contributed by atoms with Gasteiger partial charge in [-0.25, -0.2) is 9.37 Å². The lowest BCUT2D eigenvalue weighted by molar-refractivity contribution is 0.629. The lowest BCUT2D eigenvalue weighted by Crippen LogP contribution is -1.93. The zero-order chi connectivity index (χ0) is 11.9. The highest BCUT2D eigenvalue weighted by Crippen LogP contribution is 2.30. The summed E-state index contributed by atoms with van der Waals surface area (Å²) in [5.74, 6) is -0.00959. The molecule has 0 fully saturated rings. The van der Waals surface area contributed by atoms with Crippen molar-refractivity contribution in [1.29, 1.82) is 0 Å². The van der Waals surface area contributed by atoms with Crippen molar-refractivity contribution < 1.29 is 4.39 Å². The summed E-state index contributed by atoms with van der Waals surface area (Å²) >= 11 is 9.37. The summed E-state index contributed by atoms with van der Waals surface area (Å²) in [6.07, 6.45) is 0. The highest BCUT2D eigenvalue weighted by atomic mass is 79.9. The van der Waals surface area contributed by atoms with Gasteiger partial charge in [0.25, 0.3) is 0 Å². The third-order valence-electron chi connectivity index (χ3n) is 2.44. The maximum absolute atomic E-state index is 13.2. The van der Waals surface area contributed by atoms with Crippen LogP contribution in [0.3, 0.4) is 0 Å². The molecule has 2 rings (SSSR count). The molecule has 1 aromatic heterocycles. The van der Waals surface area contributed by atoms with Crippen molar-refractivity contribution in [3.63, 3.8) is 0 Å². The van der Waals surface area contributed by atoms with Gasteiger partial charge in [0.2, 0.25) is 0 Å². The van der Waals surface area contributed by atoms with E-state index in [2.05, 4.69) is 20.9 Å². The second-order valence-electron chi connectivity index (χ2n) is 3.98. The van der Waals surface area contributed by atoms with Gasteiger partial charge in [-0.1, -0.05) is 25.4 Å². The molecular formula is C12H10BrClFN. The summed E-state index contributed by atoms with van der Waals surface area (Å²) in [7, 11) is 0. The highest BCUT2D eigenvalue weighted by molar-refractivity contribution is 9.10. The van der Waals surface area contributed by atoms with E-state index in [9.17, 15) is 4.39 Å². The fourth-order valence-corrected chi connectivity index (χ4v) is 2.50. The summed E-state index contributed by atoms with van der Waals surface area (Å²) in [5.41, 5.74) is 1.63. The van der Waals surface area contributed by atoms with Gasteiger partial charge >= 0.3 is 0 Å². The molecule has 1 heterocycles. The minimum absolute atomic E-state index is 0.270. The Morgan fingerprint density at radius 2 is 2.00 bits per heavy atom. The Bertz CT molecular complexity index is 554. The Morgan fingerprint density at radius 1 is 1.31 bits per heavy atom. The number of pyridine rings is 1. The number of fused-ring (bicyclic) bond motifs is 1. The van der Waals surface area contributed by atoms with E-state index in [0.29, 0.717) is 15.1 Å². The minimum atomic E-state index is -0.279. The predicted octanol–water partition coefficient (Wildman–Crippen LogP) is 4.91. The van der Waals surface area contributed by atoms with E-state index < -0.39 is 0 Å². The molecule has 0 saturated carbocycles. The SMILES string of the molecule is CC(C)c1cc2cc(F)cc(Br)c2nc1Cl. The van der Waals surface area contributed by atoms with E-state index in [0.717, 1.165) is 10.9 Å². The van der Waals surface area contributed by atoms with Crippen molar-refractivity contribution in [3.05, 3.63) is 39.2 Å². The Labute approximate surface area is 107 Å². The van der Waals surface area contributed by atoms with Crippen molar-refractivity contribution in [2.75, 3.05) is 0 Å². The number of rotatable bonds is 1. The number of hydrogen-bond donors (Lipinski definition) is 0. The van der Waals surface area contributed by atoms with Crippen LogP contribution in [0.15, 0.2) is 22.7 Å². The van der Waals surface area contributed by atoms with Gasteiger partial charge in [0.15, 0.2) is 0 Å². The zero-order valence-electron chi connectivity index (χ0n) is 8.89. The topological polar surface area (TPSA) is 12.9 Å². The molecule has 0 radical (unpaired) electrons. The lowest BCUT2D eigenvalue weighted by Gasteiger charge is -2.10. The predicted molar refractivity (Wildman–Crippen MR) is 68.5 cm³/mol. The number of benzene rings is 1. The summed E-state index contributed by atoms with van der Waals surface area (Å²) in [6.45, 7) is 4.06. The summed E-state index contributed by atoms with van der Waals surface area (Å²) in [6, 6.07) is 4.75. The monoisotopic (exact) mass is 301 g/mol. The smallest absolute Gasteiger partial charge is 0.133 e. The van der Waals surface area contributed by atoms with Crippen LogP contribution in [0.5, 0.6) is 0 Å². The van der Waals surface area contributed by atoms with Gasteiger partial charge in [0.05, 0.1) is 5.52 Å². The molecule has 0 unspecified atom stereocenters. The van der Waals surface area contributed by atoms with Crippen LogP contribution in [0, 0.1) is 5.82 Å². The molecular weight excluding hydrogens is 292 g/mol. The van der Waals surface area contributed by atoms with Gasteiger partial charge in [0, 0.05) is 9.86 Å². The van der Waals surface area contributed by atoms with Crippen molar-refractivity contribution in [1.82, 2.24) is 4.98 Å². The van der Waals surface area contributed by atoms with Crippen LogP contribution < -0.4 is 0 Å². The van der Waals surface area contributed by atoms with Crippen molar-refractivity contribution in [2.24, 2.45) is 0 Å². The summed E-state index contributed by atoms with van der Waals surface area (Å²) in [4.78, 5) is 4.29. The molecule has 2 aromatic rings. The number of hydrogen-bond acceptors (Lipinski definition) is 1. The molecule has 0 atom stereocenters. The van der Waals surface area contributed by atoms with E-state index in [1.165, 1.54) is 12.1 Å². The standard InChI is InChI=1S/C12H10BrClFN/c1-6(2)9-4-7-3-8(15)5-10(13)11(7)16-12(9)14/h3-6H,1-2H3. The molecule has 0 N–H and O–H groups in total. The van der Waals surface area contributed by atoms with Gasteiger partial charge in [-0.2, -0.15) is 0 Å². The fraction of sp³-hybridized carbons (Fsp3) is 0.250. The Morgan fingerprint density at radius 3 is 2.62 bits per heavy atom. The number of aromatic nitrogens is 1. The first-order chi connectivity index (χ1) is 7.49. The summed E-state index contributed by atoms with van der Waals surface area (Å²) < 4.78 is 13.9. The van der Waals surface area contributed by atoms with Crippen LogP contribution in [-0.2, 0) is 0 Å². The highest BCUT2D eigenvalue weighted by Gasteiger charge is 2.11. The third-order valence-corrected chi connectivity index (χ3v) is 3.35. The number of halogens is 3. The molecule has 1 aromatic carbocycles. The Balaban J connectivity index is 2.79. The van der Waals surface area contributed by atoms with Crippen LogP contribution >= 0.6 is 27.5 Å². The first-order valence-electron chi connectivity index (χ1n) is 4.94. The summed E-state index contributed by atoms with van der Waals surface area (Å²) in [5, 5.41) is 1.25. The molecule has 0 spiro atoms. The molecule has 16 heavy (non-hydrogen) atoms. The lowest BCUT2D eigenvalue weighted by atomic mass is 10.0. The Hall–Kier alpha value is -0.670. The molecule has 0 bridgehead atoms. The quantitative estimate of drug-likeness (QED) is 0.682.